The van der Waals surface area contributed by atoms with Crippen molar-refractivity contribution in [1.29, 1.82) is 5.26 Å². The molecule has 1 amide bonds. The third kappa shape index (κ3) is 2.46. The minimum Gasteiger partial charge on any atom is -0.369 e. The van der Waals surface area contributed by atoms with Crippen molar-refractivity contribution in [3.05, 3.63) is 0 Å². The molecule has 4 nitrogen and oxygen atoms in total. The number of carbonyl (C=O) groups excluding carboxylic acids is 1. The van der Waals surface area contributed by atoms with Crippen LogP contribution in [0.3, 0.4) is 0 Å². The Bertz CT molecular complexity index is 259. The molecular weight excluding hydrogens is 178 g/mol. The van der Waals surface area contributed by atoms with E-state index >= 15 is 0 Å². The smallest absolute Gasteiger partial charge is 0.224 e. The minimum absolute atomic E-state index is 0.208. The van der Waals surface area contributed by atoms with E-state index in [1.54, 1.807) is 0 Å². The number of nitrogens with zero attached hydrogens (tertiary/aromatic N) is 2. The monoisotopic (exact) mass is 195 g/mol. The van der Waals surface area contributed by atoms with Crippen molar-refractivity contribution in [2.75, 3.05) is 19.6 Å². The topological polar surface area (TPSA) is 70.1 Å². The lowest BCUT2D eigenvalue weighted by Gasteiger charge is -2.20. The largest absolute Gasteiger partial charge is 0.369 e. The summed E-state index contributed by atoms with van der Waals surface area (Å²) in [6.45, 7) is 4.48. The minimum atomic E-state index is -0.355. The van der Waals surface area contributed by atoms with Crippen molar-refractivity contribution in [3.8, 4) is 6.07 Å². The van der Waals surface area contributed by atoms with Gasteiger partial charge in [-0.05, 0) is 32.9 Å². The first-order valence-corrected chi connectivity index (χ1v) is 4.98. The number of likely N-dealkylation sites (tertiary alicyclic amines) is 1. The number of primary amides is 1. The van der Waals surface area contributed by atoms with Crippen LogP contribution < -0.4 is 5.73 Å². The van der Waals surface area contributed by atoms with Gasteiger partial charge in [0.1, 0.15) is 0 Å². The molecule has 0 aliphatic carbocycles. The Hall–Kier alpha value is -1.08. The second kappa shape index (κ2) is 4.43. The van der Waals surface area contributed by atoms with E-state index in [2.05, 4.69) is 11.0 Å². The highest BCUT2D eigenvalue weighted by molar-refractivity contribution is 5.81. The van der Waals surface area contributed by atoms with Gasteiger partial charge in [0.25, 0.3) is 0 Å². The van der Waals surface area contributed by atoms with Gasteiger partial charge in [-0.25, -0.2) is 0 Å². The summed E-state index contributed by atoms with van der Waals surface area (Å²) in [5.74, 6) is -0.208. The summed E-state index contributed by atoms with van der Waals surface area (Å²) < 4.78 is 0. The maximum Gasteiger partial charge on any atom is 0.224 e. The molecule has 1 saturated heterocycles. The zero-order valence-corrected chi connectivity index (χ0v) is 8.62. The highest BCUT2D eigenvalue weighted by Gasteiger charge is 2.38. The number of hydrogen-bond donors (Lipinski definition) is 1. The zero-order chi connectivity index (χ0) is 10.6. The van der Waals surface area contributed by atoms with Crippen molar-refractivity contribution in [2.24, 2.45) is 11.1 Å². The van der Waals surface area contributed by atoms with Crippen molar-refractivity contribution >= 4 is 5.91 Å². The van der Waals surface area contributed by atoms with Gasteiger partial charge in [0.05, 0.1) is 11.5 Å². The summed E-state index contributed by atoms with van der Waals surface area (Å²) in [7, 11) is 0. The van der Waals surface area contributed by atoms with Gasteiger partial charge in [0, 0.05) is 13.0 Å². The molecule has 1 fully saturated rings. The SMILES string of the molecule is CC1(C(N)=O)CCN(CCCC#N)C1. The molecule has 0 spiro atoms. The molecule has 1 aliphatic heterocycles. The molecule has 1 aliphatic rings. The van der Waals surface area contributed by atoms with E-state index < -0.39 is 0 Å². The molecule has 2 N–H and O–H groups in total. The number of hydrogen-bond acceptors (Lipinski definition) is 3. The summed E-state index contributed by atoms with van der Waals surface area (Å²) in [4.78, 5) is 13.4. The number of nitrogens with two attached hydrogens (primary N) is 1. The van der Waals surface area contributed by atoms with E-state index in [1.165, 1.54) is 0 Å². The Balaban J connectivity index is 2.34. The first-order valence-electron chi connectivity index (χ1n) is 4.98. The molecule has 0 saturated carbocycles. The second-order valence-corrected chi connectivity index (χ2v) is 4.21. The molecule has 0 aromatic rings. The fourth-order valence-corrected chi connectivity index (χ4v) is 1.83. The fourth-order valence-electron chi connectivity index (χ4n) is 1.83. The van der Waals surface area contributed by atoms with Crippen LogP contribution in [0.15, 0.2) is 0 Å². The molecule has 0 bridgehead atoms. The van der Waals surface area contributed by atoms with Gasteiger partial charge in [0.2, 0.25) is 5.91 Å². The summed E-state index contributed by atoms with van der Waals surface area (Å²) in [5, 5.41) is 8.39. The Labute approximate surface area is 84.7 Å². The van der Waals surface area contributed by atoms with Crippen molar-refractivity contribution in [3.63, 3.8) is 0 Å². The standard InChI is InChI=1S/C10H17N3O/c1-10(9(12)14)4-7-13(8-10)6-3-2-5-11/h2-4,6-8H2,1H3,(H2,12,14). The lowest BCUT2D eigenvalue weighted by molar-refractivity contribution is -0.126. The van der Waals surface area contributed by atoms with Crippen LogP contribution in [0.1, 0.15) is 26.2 Å². The Morgan fingerprint density at radius 3 is 2.93 bits per heavy atom. The molecule has 4 heteroatoms. The summed E-state index contributed by atoms with van der Waals surface area (Å²) >= 11 is 0. The van der Waals surface area contributed by atoms with E-state index in [9.17, 15) is 4.79 Å². The fraction of sp³-hybridized carbons (Fsp3) is 0.800. The average molecular weight is 195 g/mol. The predicted octanol–water partition coefficient (Wildman–Crippen LogP) is 0.487. The number of carbonyl (C=O) groups is 1. The molecule has 78 valence electrons. The maximum absolute atomic E-state index is 11.1. The number of rotatable bonds is 4. The van der Waals surface area contributed by atoms with Crippen LogP contribution in [0.5, 0.6) is 0 Å². The molecule has 1 unspecified atom stereocenters. The number of nitriles is 1. The number of amides is 1. The van der Waals surface area contributed by atoms with E-state index in [4.69, 9.17) is 11.0 Å². The summed E-state index contributed by atoms with van der Waals surface area (Å²) in [6.07, 6.45) is 2.31. The molecule has 1 heterocycles. The molecule has 1 rings (SSSR count). The van der Waals surface area contributed by atoms with Gasteiger partial charge in [-0.15, -0.1) is 0 Å². The summed E-state index contributed by atoms with van der Waals surface area (Å²) in [6, 6.07) is 2.12. The van der Waals surface area contributed by atoms with Gasteiger partial charge in [0.15, 0.2) is 0 Å². The lowest BCUT2D eigenvalue weighted by atomic mass is 9.89. The Morgan fingerprint density at radius 2 is 2.43 bits per heavy atom. The third-order valence-electron chi connectivity index (χ3n) is 2.91. The van der Waals surface area contributed by atoms with Crippen LogP contribution in [0.4, 0.5) is 0 Å². The van der Waals surface area contributed by atoms with Gasteiger partial charge in [-0.3, -0.25) is 4.79 Å². The van der Waals surface area contributed by atoms with Crippen molar-refractivity contribution < 1.29 is 4.79 Å². The van der Waals surface area contributed by atoms with Gasteiger partial charge >= 0.3 is 0 Å². The van der Waals surface area contributed by atoms with E-state index in [1.807, 2.05) is 6.92 Å². The van der Waals surface area contributed by atoms with Crippen LogP contribution in [-0.2, 0) is 4.79 Å². The first-order chi connectivity index (χ1) is 6.58. The Kier molecular flexibility index (Phi) is 3.48. The lowest BCUT2D eigenvalue weighted by Crippen LogP contribution is -2.37. The molecule has 1 atom stereocenters. The molecule has 0 aromatic heterocycles. The van der Waals surface area contributed by atoms with Gasteiger partial charge in [-0.1, -0.05) is 0 Å². The van der Waals surface area contributed by atoms with Crippen molar-refractivity contribution in [1.82, 2.24) is 4.90 Å². The zero-order valence-electron chi connectivity index (χ0n) is 8.62. The average Bonchev–Trinajstić information content (AvgIpc) is 2.50. The van der Waals surface area contributed by atoms with Crippen LogP contribution in [0.25, 0.3) is 0 Å². The highest BCUT2D eigenvalue weighted by atomic mass is 16.1. The van der Waals surface area contributed by atoms with E-state index in [-0.39, 0.29) is 11.3 Å². The maximum atomic E-state index is 11.1. The van der Waals surface area contributed by atoms with Gasteiger partial charge < -0.3 is 10.6 Å². The predicted molar refractivity (Wildman–Crippen MR) is 53.2 cm³/mol. The van der Waals surface area contributed by atoms with Crippen LogP contribution in [0, 0.1) is 16.7 Å². The number of unbranched alkanes of at least 4 members (excludes halogenated alkanes) is 1. The third-order valence-corrected chi connectivity index (χ3v) is 2.91. The first kappa shape index (κ1) is 11.0. The molecular formula is C10H17N3O. The summed E-state index contributed by atoms with van der Waals surface area (Å²) in [5.41, 5.74) is 4.98. The van der Waals surface area contributed by atoms with E-state index in [0.29, 0.717) is 6.42 Å². The van der Waals surface area contributed by atoms with Crippen LogP contribution in [-0.4, -0.2) is 30.4 Å². The highest BCUT2D eigenvalue weighted by Crippen LogP contribution is 2.29. The molecule has 0 aromatic carbocycles. The van der Waals surface area contributed by atoms with Gasteiger partial charge in [-0.2, -0.15) is 5.26 Å². The molecule has 14 heavy (non-hydrogen) atoms. The van der Waals surface area contributed by atoms with Crippen molar-refractivity contribution in [2.45, 2.75) is 26.2 Å². The Morgan fingerprint density at radius 1 is 1.71 bits per heavy atom. The second-order valence-electron chi connectivity index (χ2n) is 4.21. The quantitative estimate of drug-likeness (QED) is 0.663. The van der Waals surface area contributed by atoms with Crippen LogP contribution in [0.2, 0.25) is 0 Å². The normalized spacial score (nSPS) is 27.4. The van der Waals surface area contributed by atoms with E-state index in [0.717, 1.165) is 32.5 Å². The molecule has 0 radical (unpaired) electrons. The van der Waals surface area contributed by atoms with Crippen LogP contribution >= 0.6 is 0 Å².